The molecule has 1 aliphatic heterocycles. The molecule has 4 heterocycles. The number of likely N-dealkylation sites (tertiary alicyclic amines) is 1. The predicted octanol–water partition coefficient (Wildman–Crippen LogP) is 1.48. The molecule has 0 spiro atoms. The van der Waals surface area contributed by atoms with Crippen molar-refractivity contribution < 1.29 is 9.53 Å². The zero-order chi connectivity index (χ0) is 19.0. The highest BCUT2D eigenvalue weighted by Gasteiger charge is 2.33. The molecule has 1 amide bonds. The Kier molecular flexibility index (Phi) is 4.39. The standard InChI is InChI=1S/C19H21N5O3/c1-13-10-15(25)16(11-22(13)2)27-12-18(26)23-9-5-6-14(23)19-21-20-17-7-3-4-8-24(17)19/h3-4,7-8,10-11,14H,5-6,9,12H2,1-2H3/t14-/m0/s1. The number of amides is 1. The predicted molar refractivity (Wildman–Crippen MR) is 98.6 cm³/mol. The van der Waals surface area contributed by atoms with Crippen LogP contribution >= 0.6 is 0 Å². The Morgan fingerprint density at radius 3 is 3.04 bits per heavy atom. The molecule has 0 aromatic carbocycles. The molecule has 0 unspecified atom stereocenters. The Bertz CT molecular complexity index is 1050. The minimum atomic E-state index is -0.222. The fourth-order valence-electron chi connectivity index (χ4n) is 3.46. The first-order valence-corrected chi connectivity index (χ1v) is 8.94. The summed E-state index contributed by atoms with van der Waals surface area (Å²) in [5.41, 5.74) is 1.36. The molecule has 27 heavy (non-hydrogen) atoms. The molecule has 3 aromatic heterocycles. The Hall–Kier alpha value is -3.16. The van der Waals surface area contributed by atoms with Crippen molar-refractivity contribution in [1.29, 1.82) is 0 Å². The summed E-state index contributed by atoms with van der Waals surface area (Å²) in [5.74, 6) is 0.774. The largest absolute Gasteiger partial charge is 0.478 e. The van der Waals surface area contributed by atoms with E-state index >= 15 is 0 Å². The van der Waals surface area contributed by atoms with Crippen LogP contribution in [0.2, 0.25) is 0 Å². The lowest BCUT2D eigenvalue weighted by atomic mass is 10.2. The highest BCUT2D eigenvalue weighted by atomic mass is 16.5. The number of hydrogen-bond acceptors (Lipinski definition) is 5. The van der Waals surface area contributed by atoms with Crippen LogP contribution in [-0.4, -0.2) is 43.1 Å². The number of fused-ring (bicyclic) bond motifs is 1. The van der Waals surface area contributed by atoms with Crippen LogP contribution in [0.3, 0.4) is 0 Å². The molecule has 0 aliphatic carbocycles. The lowest BCUT2D eigenvalue weighted by Crippen LogP contribution is -2.35. The van der Waals surface area contributed by atoms with E-state index in [9.17, 15) is 9.59 Å². The minimum Gasteiger partial charge on any atom is -0.478 e. The van der Waals surface area contributed by atoms with E-state index in [1.165, 1.54) is 6.07 Å². The average molecular weight is 367 g/mol. The molecule has 1 fully saturated rings. The van der Waals surface area contributed by atoms with Gasteiger partial charge in [0.2, 0.25) is 5.43 Å². The maximum absolute atomic E-state index is 12.8. The normalized spacial score (nSPS) is 16.8. The maximum Gasteiger partial charge on any atom is 0.261 e. The topological polar surface area (TPSA) is 81.7 Å². The van der Waals surface area contributed by atoms with E-state index in [2.05, 4.69) is 10.2 Å². The van der Waals surface area contributed by atoms with Crippen molar-refractivity contribution in [2.75, 3.05) is 13.2 Å². The molecule has 0 bridgehead atoms. The smallest absolute Gasteiger partial charge is 0.261 e. The average Bonchev–Trinajstić information content (AvgIpc) is 3.29. The number of aryl methyl sites for hydroxylation is 2. The number of carbonyl (C=O) groups is 1. The second kappa shape index (κ2) is 6.86. The van der Waals surface area contributed by atoms with Gasteiger partial charge in [0.1, 0.15) is 0 Å². The van der Waals surface area contributed by atoms with Crippen LogP contribution in [0.25, 0.3) is 5.65 Å². The van der Waals surface area contributed by atoms with Crippen molar-refractivity contribution in [2.45, 2.75) is 25.8 Å². The van der Waals surface area contributed by atoms with E-state index in [1.807, 2.05) is 42.8 Å². The number of pyridine rings is 2. The SMILES string of the molecule is Cc1cc(=O)c(OCC(=O)N2CCC[C@H]2c2nnc3ccccn23)cn1C. The van der Waals surface area contributed by atoms with Gasteiger partial charge in [-0.1, -0.05) is 6.07 Å². The van der Waals surface area contributed by atoms with E-state index < -0.39 is 0 Å². The van der Waals surface area contributed by atoms with Crippen molar-refractivity contribution in [3.05, 3.63) is 58.4 Å². The van der Waals surface area contributed by atoms with Gasteiger partial charge in [-0.05, 0) is 31.9 Å². The van der Waals surface area contributed by atoms with Gasteiger partial charge in [-0.25, -0.2) is 0 Å². The Morgan fingerprint density at radius 2 is 2.19 bits per heavy atom. The van der Waals surface area contributed by atoms with Crippen LogP contribution in [0.5, 0.6) is 5.75 Å². The van der Waals surface area contributed by atoms with Crippen LogP contribution in [0.1, 0.15) is 30.4 Å². The highest BCUT2D eigenvalue weighted by Crippen LogP contribution is 2.31. The molecule has 1 aliphatic rings. The molecular weight excluding hydrogens is 346 g/mol. The molecule has 8 nitrogen and oxygen atoms in total. The molecule has 4 rings (SSSR count). The summed E-state index contributed by atoms with van der Waals surface area (Å²) in [4.78, 5) is 26.6. The molecule has 0 saturated carbocycles. The lowest BCUT2D eigenvalue weighted by molar-refractivity contribution is -0.134. The third-order valence-electron chi connectivity index (χ3n) is 5.01. The lowest BCUT2D eigenvalue weighted by Gasteiger charge is -2.23. The summed E-state index contributed by atoms with van der Waals surface area (Å²) in [7, 11) is 1.83. The van der Waals surface area contributed by atoms with Gasteiger partial charge < -0.3 is 14.2 Å². The van der Waals surface area contributed by atoms with Gasteiger partial charge in [0.25, 0.3) is 5.91 Å². The first-order chi connectivity index (χ1) is 13.0. The Morgan fingerprint density at radius 1 is 1.33 bits per heavy atom. The fourth-order valence-corrected chi connectivity index (χ4v) is 3.46. The zero-order valence-corrected chi connectivity index (χ0v) is 15.3. The number of ether oxygens (including phenoxy) is 1. The number of aromatic nitrogens is 4. The van der Waals surface area contributed by atoms with E-state index in [0.29, 0.717) is 6.54 Å². The number of hydrogen-bond donors (Lipinski definition) is 0. The summed E-state index contributed by atoms with van der Waals surface area (Å²) < 4.78 is 9.24. The van der Waals surface area contributed by atoms with E-state index in [4.69, 9.17) is 4.74 Å². The number of nitrogens with zero attached hydrogens (tertiary/aromatic N) is 5. The monoisotopic (exact) mass is 367 g/mol. The second-order valence-corrected chi connectivity index (χ2v) is 6.78. The molecule has 0 N–H and O–H groups in total. The fraction of sp³-hybridized carbons (Fsp3) is 0.368. The van der Waals surface area contributed by atoms with E-state index in [-0.39, 0.29) is 29.7 Å². The molecule has 1 saturated heterocycles. The summed E-state index contributed by atoms with van der Waals surface area (Å²) in [6, 6.07) is 7.06. The molecule has 140 valence electrons. The first kappa shape index (κ1) is 17.3. The quantitative estimate of drug-likeness (QED) is 0.698. The van der Waals surface area contributed by atoms with Gasteiger partial charge in [-0.3, -0.25) is 14.0 Å². The second-order valence-electron chi connectivity index (χ2n) is 6.78. The number of rotatable bonds is 4. The van der Waals surface area contributed by atoms with E-state index in [1.54, 1.807) is 15.7 Å². The molecule has 3 aromatic rings. The third kappa shape index (κ3) is 3.18. The zero-order valence-electron chi connectivity index (χ0n) is 15.3. The van der Waals surface area contributed by atoms with Gasteiger partial charge in [-0.2, -0.15) is 0 Å². The van der Waals surface area contributed by atoms with Crippen molar-refractivity contribution in [1.82, 2.24) is 24.1 Å². The summed E-state index contributed by atoms with van der Waals surface area (Å²) >= 11 is 0. The first-order valence-electron chi connectivity index (χ1n) is 8.94. The molecule has 8 heteroatoms. The van der Waals surface area contributed by atoms with Gasteiger partial charge >= 0.3 is 0 Å². The van der Waals surface area contributed by atoms with Crippen molar-refractivity contribution >= 4 is 11.6 Å². The summed E-state index contributed by atoms with van der Waals surface area (Å²) in [5, 5.41) is 8.47. The van der Waals surface area contributed by atoms with Crippen molar-refractivity contribution in [3.63, 3.8) is 0 Å². The van der Waals surface area contributed by atoms with E-state index in [0.717, 1.165) is 30.0 Å². The Labute approximate surface area is 156 Å². The van der Waals surface area contributed by atoms with Crippen LogP contribution in [0.15, 0.2) is 41.5 Å². The molecular formula is C19H21N5O3. The van der Waals surface area contributed by atoms with Gasteiger partial charge in [-0.15, -0.1) is 10.2 Å². The minimum absolute atomic E-state index is 0.139. The number of carbonyl (C=O) groups excluding carboxylic acids is 1. The van der Waals surface area contributed by atoms with Gasteiger partial charge in [0.15, 0.2) is 23.8 Å². The Balaban J connectivity index is 1.51. The van der Waals surface area contributed by atoms with Crippen LogP contribution in [0, 0.1) is 6.92 Å². The molecule has 0 radical (unpaired) electrons. The summed E-state index contributed by atoms with van der Waals surface area (Å²) in [6.07, 6.45) is 5.23. The van der Waals surface area contributed by atoms with Gasteiger partial charge in [0, 0.05) is 37.7 Å². The van der Waals surface area contributed by atoms with Crippen LogP contribution in [0.4, 0.5) is 0 Å². The highest BCUT2D eigenvalue weighted by molar-refractivity contribution is 5.78. The maximum atomic E-state index is 12.8. The molecule has 1 atom stereocenters. The van der Waals surface area contributed by atoms with Crippen LogP contribution < -0.4 is 10.2 Å². The summed E-state index contributed by atoms with van der Waals surface area (Å²) in [6.45, 7) is 2.31. The third-order valence-corrected chi connectivity index (χ3v) is 5.01. The van der Waals surface area contributed by atoms with Crippen LogP contribution in [-0.2, 0) is 11.8 Å². The van der Waals surface area contributed by atoms with Crippen molar-refractivity contribution in [2.24, 2.45) is 7.05 Å². The van der Waals surface area contributed by atoms with Crippen molar-refractivity contribution in [3.8, 4) is 5.75 Å². The van der Waals surface area contributed by atoms with Gasteiger partial charge in [0.05, 0.1) is 6.04 Å².